The van der Waals surface area contributed by atoms with E-state index in [1.165, 1.54) is 6.20 Å². The summed E-state index contributed by atoms with van der Waals surface area (Å²) in [5, 5.41) is 5.49. The van der Waals surface area contributed by atoms with Crippen molar-refractivity contribution in [1.29, 1.82) is 0 Å². The van der Waals surface area contributed by atoms with Gasteiger partial charge >= 0.3 is 0 Å². The van der Waals surface area contributed by atoms with E-state index in [-0.39, 0.29) is 11.8 Å². The van der Waals surface area contributed by atoms with Crippen molar-refractivity contribution in [3.63, 3.8) is 0 Å². The van der Waals surface area contributed by atoms with Crippen LogP contribution in [0.5, 0.6) is 5.75 Å². The number of anilines is 2. The molecule has 3 rings (SSSR count). The van der Waals surface area contributed by atoms with Crippen molar-refractivity contribution in [1.82, 2.24) is 4.98 Å². The first-order chi connectivity index (χ1) is 10.5. The number of fused-ring (bicyclic) bond motifs is 1. The molecule has 1 aliphatic heterocycles. The smallest absolute Gasteiger partial charge is 0.265 e. The number of benzene rings is 1. The lowest BCUT2D eigenvalue weighted by atomic mass is 10.2. The molecular formula is C15H12BrN3O3. The molecule has 1 atom stereocenters. The quantitative estimate of drug-likeness (QED) is 0.861. The number of carbonyl (C=O) groups excluding carboxylic acids is 2. The highest BCUT2D eigenvalue weighted by atomic mass is 79.9. The second-order valence-electron chi connectivity index (χ2n) is 4.81. The third-order valence-corrected chi connectivity index (χ3v) is 3.57. The van der Waals surface area contributed by atoms with Gasteiger partial charge in [-0.1, -0.05) is 0 Å². The number of aromatic nitrogens is 1. The van der Waals surface area contributed by atoms with Crippen LogP contribution in [-0.2, 0) is 4.79 Å². The number of hydrogen-bond donors (Lipinski definition) is 2. The third-order valence-electron chi connectivity index (χ3n) is 3.14. The molecule has 0 unspecified atom stereocenters. The molecule has 0 bridgehead atoms. The SMILES string of the molecule is C[C@@H]1Oc2ccc(NC(=O)c3cncc(Br)c3)cc2NC1=O. The van der Waals surface area contributed by atoms with Gasteiger partial charge in [-0.15, -0.1) is 0 Å². The second kappa shape index (κ2) is 5.76. The summed E-state index contributed by atoms with van der Waals surface area (Å²) in [5.74, 6) is 0.0755. The van der Waals surface area contributed by atoms with Gasteiger partial charge in [-0.2, -0.15) is 0 Å². The first-order valence-electron chi connectivity index (χ1n) is 6.56. The highest BCUT2D eigenvalue weighted by Gasteiger charge is 2.23. The molecule has 2 aromatic rings. The van der Waals surface area contributed by atoms with E-state index in [0.717, 1.165) is 4.47 Å². The number of halogens is 1. The first-order valence-corrected chi connectivity index (χ1v) is 7.36. The van der Waals surface area contributed by atoms with Gasteiger partial charge < -0.3 is 15.4 Å². The highest BCUT2D eigenvalue weighted by molar-refractivity contribution is 9.10. The molecule has 2 N–H and O–H groups in total. The minimum Gasteiger partial charge on any atom is -0.479 e. The van der Waals surface area contributed by atoms with Crippen LogP contribution in [0, 0.1) is 0 Å². The highest BCUT2D eigenvalue weighted by Crippen LogP contribution is 2.32. The van der Waals surface area contributed by atoms with Gasteiger partial charge in [-0.3, -0.25) is 14.6 Å². The molecule has 2 amide bonds. The van der Waals surface area contributed by atoms with Crippen LogP contribution in [-0.4, -0.2) is 22.9 Å². The van der Waals surface area contributed by atoms with E-state index in [1.54, 1.807) is 37.4 Å². The van der Waals surface area contributed by atoms with Gasteiger partial charge in [0, 0.05) is 22.6 Å². The summed E-state index contributed by atoms with van der Waals surface area (Å²) in [6, 6.07) is 6.75. The van der Waals surface area contributed by atoms with Crippen LogP contribution in [0.1, 0.15) is 17.3 Å². The summed E-state index contributed by atoms with van der Waals surface area (Å²) in [7, 11) is 0. The number of ether oxygens (including phenoxy) is 1. The number of carbonyl (C=O) groups is 2. The van der Waals surface area contributed by atoms with E-state index in [2.05, 4.69) is 31.5 Å². The standard InChI is InChI=1S/C15H12BrN3O3/c1-8-14(20)19-12-5-11(2-3-13(12)22-8)18-15(21)9-4-10(16)7-17-6-9/h2-8H,1H3,(H,18,21)(H,19,20)/t8-/m0/s1. The normalized spacial score (nSPS) is 16.3. The Balaban J connectivity index is 1.80. The minimum atomic E-state index is -0.527. The van der Waals surface area contributed by atoms with E-state index in [0.29, 0.717) is 22.7 Å². The molecule has 1 aromatic heterocycles. The van der Waals surface area contributed by atoms with E-state index in [1.807, 2.05) is 0 Å². The minimum absolute atomic E-state index is 0.216. The van der Waals surface area contributed by atoms with Gasteiger partial charge in [0.05, 0.1) is 11.3 Å². The van der Waals surface area contributed by atoms with Crippen LogP contribution in [0.15, 0.2) is 41.1 Å². The van der Waals surface area contributed by atoms with Crippen molar-refractivity contribution in [2.75, 3.05) is 10.6 Å². The number of amides is 2. The number of pyridine rings is 1. The fourth-order valence-electron chi connectivity index (χ4n) is 2.03. The monoisotopic (exact) mass is 361 g/mol. The van der Waals surface area contributed by atoms with E-state index >= 15 is 0 Å². The van der Waals surface area contributed by atoms with E-state index < -0.39 is 6.10 Å². The zero-order chi connectivity index (χ0) is 15.7. The maximum Gasteiger partial charge on any atom is 0.265 e. The average molecular weight is 362 g/mol. The summed E-state index contributed by atoms with van der Waals surface area (Å²) in [6.07, 6.45) is 2.55. The van der Waals surface area contributed by atoms with Gasteiger partial charge in [0.2, 0.25) is 0 Å². The van der Waals surface area contributed by atoms with Crippen molar-refractivity contribution < 1.29 is 14.3 Å². The Morgan fingerprint density at radius 1 is 1.36 bits per heavy atom. The predicted molar refractivity (Wildman–Crippen MR) is 85.1 cm³/mol. The summed E-state index contributed by atoms with van der Waals surface area (Å²) >= 11 is 3.27. The van der Waals surface area contributed by atoms with Crippen molar-refractivity contribution in [2.45, 2.75) is 13.0 Å². The van der Waals surface area contributed by atoms with Crippen molar-refractivity contribution in [2.24, 2.45) is 0 Å². The molecule has 0 fully saturated rings. The van der Waals surface area contributed by atoms with Crippen LogP contribution < -0.4 is 15.4 Å². The molecule has 0 saturated carbocycles. The van der Waals surface area contributed by atoms with Crippen LogP contribution in [0.4, 0.5) is 11.4 Å². The molecule has 112 valence electrons. The van der Waals surface area contributed by atoms with Gasteiger partial charge in [0.25, 0.3) is 11.8 Å². The summed E-state index contributed by atoms with van der Waals surface area (Å²) in [5.41, 5.74) is 1.52. The van der Waals surface area contributed by atoms with Crippen LogP contribution in [0.2, 0.25) is 0 Å². The fourth-order valence-corrected chi connectivity index (χ4v) is 2.39. The molecule has 0 radical (unpaired) electrons. The Kier molecular flexibility index (Phi) is 3.81. The molecule has 6 nitrogen and oxygen atoms in total. The van der Waals surface area contributed by atoms with Crippen LogP contribution in [0.25, 0.3) is 0 Å². The van der Waals surface area contributed by atoms with Gasteiger partial charge in [0.1, 0.15) is 5.75 Å². The lowest BCUT2D eigenvalue weighted by Crippen LogP contribution is -2.34. The lowest BCUT2D eigenvalue weighted by molar-refractivity contribution is -0.122. The zero-order valence-corrected chi connectivity index (χ0v) is 13.2. The number of hydrogen-bond acceptors (Lipinski definition) is 4. The third kappa shape index (κ3) is 2.94. The molecule has 0 aliphatic carbocycles. The molecule has 1 aromatic carbocycles. The Bertz CT molecular complexity index is 763. The number of nitrogens with one attached hydrogen (secondary N) is 2. The van der Waals surface area contributed by atoms with Crippen molar-refractivity contribution in [3.05, 3.63) is 46.7 Å². The van der Waals surface area contributed by atoms with Gasteiger partial charge in [-0.25, -0.2) is 0 Å². The average Bonchev–Trinajstić information content (AvgIpc) is 2.49. The summed E-state index contributed by atoms with van der Waals surface area (Å²) in [4.78, 5) is 27.7. The van der Waals surface area contributed by atoms with Gasteiger partial charge in [0.15, 0.2) is 6.10 Å². The fraction of sp³-hybridized carbons (Fsp3) is 0.133. The number of rotatable bonds is 2. The topological polar surface area (TPSA) is 80.3 Å². The Morgan fingerprint density at radius 2 is 2.18 bits per heavy atom. The Labute approximate surface area is 135 Å². The molecule has 2 heterocycles. The largest absolute Gasteiger partial charge is 0.479 e. The van der Waals surface area contributed by atoms with E-state index in [9.17, 15) is 9.59 Å². The molecular weight excluding hydrogens is 350 g/mol. The Hall–Kier alpha value is -2.41. The second-order valence-corrected chi connectivity index (χ2v) is 5.72. The molecule has 0 spiro atoms. The summed E-state index contributed by atoms with van der Waals surface area (Å²) < 4.78 is 6.19. The number of nitrogens with zero attached hydrogens (tertiary/aromatic N) is 1. The molecule has 7 heteroatoms. The Morgan fingerprint density at radius 3 is 2.95 bits per heavy atom. The van der Waals surface area contributed by atoms with E-state index in [4.69, 9.17) is 4.74 Å². The maximum atomic E-state index is 12.2. The lowest BCUT2D eigenvalue weighted by Gasteiger charge is -2.23. The zero-order valence-electron chi connectivity index (χ0n) is 11.6. The predicted octanol–water partition coefficient (Wildman–Crippen LogP) is 2.82. The van der Waals surface area contributed by atoms with Crippen LogP contribution >= 0.6 is 15.9 Å². The summed E-state index contributed by atoms with van der Waals surface area (Å²) in [6.45, 7) is 1.67. The molecule has 1 aliphatic rings. The molecule has 22 heavy (non-hydrogen) atoms. The maximum absolute atomic E-state index is 12.2. The van der Waals surface area contributed by atoms with Crippen molar-refractivity contribution in [3.8, 4) is 5.75 Å². The van der Waals surface area contributed by atoms with Crippen molar-refractivity contribution >= 4 is 39.1 Å². The first kappa shape index (κ1) is 14.5. The molecule has 0 saturated heterocycles. The van der Waals surface area contributed by atoms with Gasteiger partial charge in [-0.05, 0) is 47.1 Å². The van der Waals surface area contributed by atoms with Crippen LogP contribution in [0.3, 0.4) is 0 Å².